The quantitative estimate of drug-likeness (QED) is 0.601. The summed E-state index contributed by atoms with van der Waals surface area (Å²) in [6, 6.07) is 12.1. The van der Waals surface area contributed by atoms with Gasteiger partial charge in [-0.15, -0.1) is 0 Å². The molecule has 0 unspecified atom stereocenters. The van der Waals surface area contributed by atoms with E-state index in [1.807, 2.05) is 30.6 Å². The van der Waals surface area contributed by atoms with Crippen LogP contribution in [0.25, 0.3) is 5.69 Å². The molecule has 154 valence electrons. The van der Waals surface area contributed by atoms with Crippen molar-refractivity contribution in [3.05, 3.63) is 80.0 Å². The Labute approximate surface area is 176 Å². The molecule has 0 aliphatic rings. The van der Waals surface area contributed by atoms with Crippen LogP contribution in [0.5, 0.6) is 0 Å². The normalized spacial score (nSPS) is 11.0. The average molecular weight is 402 g/mol. The van der Waals surface area contributed by atoms with Gasteiger partial charge in [0.05, 0.1) is 5.69 Å². The Hall–Kier alpha value is -3.46. The molecule has 0 amide bonds. The molecule has 6 heteroatoms. The summed E-state index contributed by atoms with van der Waals surface area (Å²) in [6.45, 7) is 11.4. The monoisotopic (exact) mass is 402 g/mol. The minimum Gasteiger partial charge on any atom is -0.318 e. The van der Waals surface area contributed by atoms with Gasteiger partial charge in [0.25, 0.3) is 5.56 Å². The van der Waals surface area contributed by atoms with Gasteiger partial charge in [0.2, 0.25) is 0 Å². The Morgan fingerprint density at radius 3 is 2.33 bits per heavy atom. The third kappa shape index (κ3) is 3.71. The number of carbonyl (C=O) groups excluding carboxylic acids is 1. The summed E-state index contributed by atoms with van der Waals surface area (Å²) in [5.41, 5.74) is 5.15. The van der Waals surface area contributed by atoms with Crippen molar-refractivity contribution in [2.45, 2.75) is 54.0 Å². The van der Waals surface area contributed by atoms with E-state index in [-0.39, 0.29) is 17.9 Å². The molecule has 0 fully saturated rings. The zero-order chi connectivity index (χ0) is 22.2. The number of Topliss-reactive ketones (excluding diaryl/α,β-unsaturated/α-hetero) is 1. The fourth-order valence-corrected chi connectivity index (χ4v) is 3.68. The molecule has 0 aliphatic heterocycles. The van der Waals surface area contributed by atoms with Crippen LogP contribution in [0.2, 0.25) is 0 Å². The van der Waals surface area contributed by atoms with Crippen molar-refractivity contribution in [2.75, 3.05) is 0 Å². The summed E-state index contributed by atoms with van der Waals surface area (Å²) >= 11 is 0. The summed E-state index contributed by atoms with van der Waals surface area (Å²) in [4.78, 5) is 25.6. The van der Waals surface area contributed by atoms with Gasteiger partial charge in [0, 0.05) is 22.6 Å². The first kappa shape index (κ1) is 21.3. The molecule has 0 saturated heterocycles. The van der Waals surface area contributed by atoms with Gasteiger partial charge >= 0.3 is 0 Å². The van der Waals surface area contributed by atoms with E-state index in [2.05, 4.69) is 43.2 Å². The van der Waals surface area contributed by atoms with Crippen molar-refractivity contribution >= 4 is 5.78 Å². The van der Waals surface area contributed by atoms with E-state index in [4.69, 9.17) is 0 Å². The molecular weight excluding hydrogens is 376 g/mol. The Bertz CT molecular complexity index is 1220. The van der Waals surface area contributed by atoms with E-state index in [0.717, 1.165) is 21.8 Å². The lowest BCUT2D eigenvalue weighted by Gasteiger charge is -2.12. The van der Waals surface area contributed by atoms with E-state index in [1.165, 1.54) is 5.56 Å². The van der Waals surface area contributed by atoms with Crippen molar-refractivity contribution < 1.29 is 4.79 Å². The first-order valence-electron chi connectivity index (χ1n) is 9.96. The number of aryl methyl sites for hydroxylation is 2. The van der Waals surface area contributed by atoms with Gasteiger partial charge in [-0.3, -0.25) is 9.59 Å². The van der Waals surface area contributed by atoms with Crippen LogP contribution in [0.1, 0.15) is 63.9 Å². The predicted molar refractivity (Wildman–Crippen MR) is 116 cm³/mol. The number of ketones is 1. The number of nitrogens with zero attached hydrogens (tertiary/aromatic N) is 4. The summed E-state index contributed by atoms with van der Waals surface area (Å²) in [5, 5.41) is 13.5. The number of rotatable bonds is 5. The SMILES string of the molecule is Cc1nn(CC(=O)c2cc(C)n(-c3ccc(C(C)C)cc3)c2C)c(=O)c(C#N)c1C. The molecule has 0 bridgehead atoms. The van der Waals surface area contributed by atoms with Gasteiger partial charge in [0.1, 0.15) is 18.2 Å². The second-order valence-corrected chi connectivity index (χ2v) is 7.95. The molecule has 0 saturated carbocycles. The van der Waals surface area contributed by atoms with Gasteiger partial charge in [-0.05, 0) is 62.9 Å². The molecule has 1 aromatic carbocycles. The van der Waals surface area contributed by atoms with Crippen molar-refractivity contribution in [2.24, 2.45) is 0 Å². The Balaban J connectivity index is 1.98. The van der Waals surface area contributed by atoms with Crippen LogP contribution < -0.4 is 5.56 Å². The lowest BCUT2D eigenvalue weighted by atomic mass is 10.0. The van der Waals surface area contributed by atoms with Crippen LogP contribution in [-0.4, -0.2) is 20.1 Å². The molecule has 0 N–H and O–H groups in total. The molecule has 0 spiro atoms. The third-order valence-electron chi connectivity index (χ3n) is 5.59. The summed E-state index contributed by atoms with van der Waals surface area (Å²) in [5.74, 6) is 0.236. The summed E-state index contributed by atoms with van der Waals surface area (Å²) < 4.78 is 3.13. The lowest BCUT2D eigenvalue weighted by Crippen LogP contribution is -2.30. The van der Waals surface area contributed by atoms with E-state index in [1.54, 1.807) is 13.8 Å². The van der Waals surface area contributed by atoms with E-state index < -0.39 is 5.56 Å². The molecule has 2 heterocycles. The zero-order valence-electron chi connectivity index (χ0n) is 18.3. The maximum atomic E-state index is 13.0. The molecule has 2 aromatic heterocycles. The van der Waals surface area contributed by atoms with Crippen LogP contribution in [0.4, 0.5) is 0 Å². The fraction of sp³-hybridized carbons (Fsp3) is 0.333. The minimum absolute atomic E-state index is 0.0333. The predicted octanol–water partition coefficient (Wildman–Crippen LogP) is 4.15. The van der Waals surface area contributed by atoms with Crippen molar-refractivity contribution in [1.29, 1.82) is 5.26 Å². The highest BCUT2D eigenvalue weighted by atomic mass is 16.1. The average Bonchev–Trinajstić information content (AvgIpc) is 3.00. The summed E-state index contributed by atoms with van der Waals surface area (Å²) in [6.07, 6.45) is 0. The second kappa shape index (κ2) is 8.11. The largest absolute Gasteiger partial charge is 0.318 e. The highest BCUT2D eigenvalue weighted by Crippen LogP contribution is 2.23. The molecule has 0 aliphatic carbocycles. The highest BCUT2D eigenvalue weighted by Gasteiger charge is 2.20. The smallest absolute Gasteiger partial charge is 0.285 e. The van der Waals surface area contributed by atoms with Crippen molar-refractivity contribution in [3.8, 4) is 11.8 Å². The van der Waals surface area contributed by atoms with E-state index in [9.17, 15) is 14.9 Å². The highest BCUT2D eigenvalue weighted by molar-refractivity contribution is 5.97. The van der Waals surface area contributed by atoms with Gasteiger partial charge in [0.15, 0.2) is 5.78 Å². The molecule has 0 radical (unpaired) electrons. The second-order valence-electron chi connectivity index (χ2n) is 7.95. The van der Waals surface area contributed by atoms with Gasteiger partial charge in [-0.2, -0.15) is 10.4 Å². The number of hydrogen-bond donors (Lipinski definition) is 0. The Kier molecular flexibility index (Phi) is 5.75. The molecule has 6 nitrogen and oxygen atoms in total. The first-order chi connectivity index (χ1) is 14.1. The zero-order valence-corrected chi connectivity index (χ0v) is 18.3. The molecule has 3 rings (SSSR count). The van der Waals surface area contributed by atoms with Crippen LogP contribution in [0.15, 0.2) is 35.1 Å². The van der Waals surface area contributed by atoms with Gasteiger partial charge < -0.3 is 4.57 Å². The van der Waals surface area contributed by atoms with Gasteiger partial charge in [-0.1, -0.05) is 26.0 Å². The standard InChI is InChI=1S/C24H26N4O2/c1-14(2)19-7-9-20(10-8-19)28-15(3)11-21(18(28)6)23(29)13-27-24(30)22(12-25)16(4)17(5)26-27/h7-11,14H,13H2,1-6H3. The topological polar surface area (TPSA) is 80.7 Å². The van der Waals surface area contributed by atoms with Crippen LogP contribution >= 0.6 is 0 Å². The van der Waals surface area contributed by atoms with Crippen LogP contribution in [0.3, 0.4) is 0 Å². The van der Waals surface area contributed by atoms with E-state index in [0.29, 0.717) is 22.7 Å². The number of hydrogen-bond acceptors (Lipinski definition) is 4. The van der Waals surface area contributed by atoms with Crippen molar-refractivity contribution in [3.63, 3.8) is 0 Å². The fourth-order valence-electron chi connectivity index (χ4n) is 3.68. The molecular formula is C24H26N4O2. The number of carbonyl (C=O) groups is 1. The minimum atomic E-state index is -0.535. The van der Waals surface area contributed by atoms with Crippen LogP contribution in [-0.2, 0) is 6.54 Å². The number of benzene rings is 1. The van der Waals surface area contributed by atoms with Gasteiger partial charge in [-0.25, -0.2) is 4.68 Å². The first-order valence-corrected chi connectivity index (χ1v) is 9.96. The van der Waals surface area contributed by atoms with Crippen molar-refractivity contribution in [1.82, 2.24) is 14.3 Å². The Morgan fingerprint density at radius 2 is 1.77 bits per heavy atom. The van der Waals surface area contributed by atoms with E-state index >= 15 is 0 Å². The lowest BCUT2D eigenvalue weighted by molar-refractivity contribution is 0.0965. The maximum absolute atomic E-state index is 13.0. The Morgan fingerprint density at radius 1 is 1.13 bits per heavy atom. The summed E-state index contributed by atoms with van der Waals surface area (Å²) in [7, 11) is 0. The van der Waals surface area contributed by atoms with Crippen LogP contribution in [0, 0.1) is 39.0 Å². The molecule has 3 aromatic rings. The number of nitriles is 1. The molecule has 30 heavy (non-hydrogen) atoms. The number of aromatic nitrogens is 3. The third-order valence-corrected chi connectivity index (χ3v) is 5.59. The molecule has 0 atom stereocenters. The maximum Gasteiger partial charge on any atom is 0.285 e.